The molecule has 2 heterocycles. The molecule has 2 fully saturated rings. The lowest BCUT2D eigenvalue weighted by atomic mass is 10.1. The number of aliphatic imine (C=N–C) groups is 1. The van der Waals surface area contributed by atoms with E-state index in [1.165, 1.54) is 12.8 Å². The van der Waals surface area contributed by atoms with Crippen LogP contribution in [0, 0.1) is 0 Å². The van der Waals surface area contributed by atoms with Crippen LogP contribution >= 0.6 is 24.0 Å². The summed E-state index contributed by atoms with van der Waals surface area (Å²) in [6.07, 6.45) is 5.97. The van der Waals surface area contributed by atoms with Crippen LogP contribution in [-0.4, -0.2) is 80.8 Å². The second-order valence-corrected chi connectivity index (χ2v) is 8.28. The zero-order chi connectivity index (χ0) is 21.2. The molecule has 8 heteroatoms. The van der Waals surface area contributed by atoms with Gasteiger partial charge in [0.25, 0.3) is 0 Å². The van der Waals surface area contributed by atoms with Gasteiger partial charge in [-0.1, -0.05) is 30.3 Å². The molecule has 2 saturated heterocycles. The maximum absolute atomic E-state index is 12.0. The van der Waals surface area contributed by atoms with E-state index in [0.717, 1.165) is 50.5 Å². The van der Waals surface area contributed by atoms with Crippen molar-refractivity contribution in [2.45, 2.75) is 50.9 Å². The number of hydrogen-bond acceptors (Lipinski definition) is 4. The predicted octanol–water partition coefficient (Wildman–Crippen LogP) is 2.89. The number of ether oxygens (including phenoxy) is 2. The van der Waals surface area contributed by atoms with Crippen LogP contribution in [0.5, 0.6) is 0 Å². The SMILES string of the molecule is CN(C)C(=O)CNC(=NCc1ccccc1)N1CCC(OCC2CCCCO2)CC1.I. The van der Waals surface area contributed by atoms with Crippen LogP contribution < -0.4 is 5.32 Å². The van der Waals surface area contributed by atoms with Gasteiger partial charge in [0, 0.05) is 33.8 Å². The highest BCUT2D eigenvalue weighted by Crippen LogP contribution is 2.18. The lowest BCUT2D eigenvalue weighted by Gasteiger charge is -2.35. The number of amides is 1. The fraction of sp³-hybridized carbons (Fsp3) is 0.652. The summed E-state index contributed by atoms with van der Waals surface area (Å²) in [6.45, 7) is 4.14. The first-order valence-corrected chi connectivity index (χ1v) is 11.1. The summed E-state index contributed by atoms with van der Waals surface area (Å²) in [5.74, 6) is 0.830. The Bertz CT molecular complexity index is 673. The molecule has 1 unspecified atom stereocenters. The Labute approximate surface area is 203 Å². The fourth-order valence-electron chi connectivity index (χ4n) is 3.75. The first-order valence-electron chi connectivity index (χ1n) is 11.1. The van der Waals surface area contributed by atoms with E-state index in [-0.39, 0.29) is 48.6 Å². The van der Waals surface area contributed by atoms with E-state index >= 15 is 0 Å². The number of halogens is 1. The number of nitrogens with one attached hydrogen (secondary N) is 1. The molecule has 2 aliphatic heterocycles. The number of nitrogens with zero attached hydrogens (tertiary/aromatic N) is 3. The number of carbonyl (C=O) groups is 1. The lowest BCUT2D eigenvalue weighted by Crippen LogP contribution is -2.49. The summed E-state index contributed by atoms with van der Waals surface area (Å²) in [4.78, 5) is 20.7. The molecule has 0 saturated carbocycles. The van der Waals surface area contributed by atoms with E-state index in [2.05, 4.69) is 22.3 Å². The molecule has 0 bridgehead atoms. The molecule has 1 amide bonds. The standard InChI is InChI=1S/C23H36N4O3.HI/c1-26(2)22(28)17-25-23(24-16-19-8-4-3-5-9-19)27-13-11-20(12-14-27)30-18-21-10-6-7-15-29-21;/h3-5,8-9,20-21H,6-7,10-18H2,1-2H3,(H,24,25);1H. The van der Waals surface area contributed by atoms with Crippen molar-refractivity contribution in [2.24, 2.45) is 4.99 Å². The van der Waals surface area contributed by atoms with E-state index in [4.69, 9.17) is 14.5 Å². The van der Waals surface area contributed by atoms with E-state index < -0.39 is 0 Å². The topological polar surface area (TPSA) is 66.4 Å². The maximum Gasteiger partial charge on any atom is 0.241 e. The molecule has 0 aromatic heterocycles. The van der Waals surface area contributed by atoms with Crippen LogP contribution in [-0.2, 0) is 20.8 Å². The highest BCUT2D eigenvalue weighted by molar-refractivity contribution is 14.0. The molecular formula is C23H37IN4O3. The van der Waals surface area contributed by atoms with Crippen molar-refractivity contribution in [1.29, 1.82) is 0 Å². The summed E-state index contributed by atoms with van der Waals surface area (Å²) in [6, 6.07) is 10.2. The van der Waals surface area contributed by atoms with Gasteiger partial charge in [0.1, 0.15) is 0 Å². The van der Waals surface area contributed by atoms with Crippen molar-refractivity contribution >= 4 is 35.8 Å². The van der Waals surface area contributed by atoms with Gasteiger partial charge in [-0.15, -0.1) is 24.0 Å². The second kappa shape index (κ2) is 13.9. The Morgan fingerprint density at radius 1 is 1.19 bits per heavy atom. The van der Waals surface area contributed by atoms with Gasteiger partial charge >= 0.3 is 0 Å². The third kappa shape index (κ3) is 8.94. The zero-order valence-corrected chi connectivity index (χ0v) is 21.1. The normalized spacial score (nSPS) is 20.1. The van der Waals surface area contributed by atoms with E-state index in [0.29, 0.717) is 13.2 Å². The van der Waals surface area contributed by atoms with Crippen molar-refractivity contribution in [3.05, 3.63) is 35.9 Å². The van der Waals surface area contributed by atoms with E-state index in [1.54, 1.807) is 19.0 Å². The minimum absolute atomic E-state index is 0. The first-order chi connectivity index (χ1) is 14.6. The molecule has 0 aliphatic carbocycles. The third-order valence-electron chi connectivity index (χ3n) is 5.68. The van der Waals surface area contributed by atoms with Crippen LogP contribution in [0.2, 0.25) is 0 Å². The molecule has 1 N–H and O–H groups in total. The quantitative estimate of drug-likeness (QED) is 0.325. The van der Waals surface area contributed by atoms with Gasteiger partial charge < -0.3 is 24.6 Å². The van der Waals surface area contributed by atoms with Gasteiger partial charge in [-0.2, -0.15) is 0 Å². The summed E-state index contributed by atoms with van der Waals surface area (Å²) in [5, 5.41) is 3.26. The molecule has 1 aromatic rings. The number of likely N-dealkylation sites (N-methyl/N-ethyl adjacent to an activating group) is 1. The second-order valence-electron chi connectivity index (χ2n) is 8.28. The highest BCUT2D eigenvalue weighted by Gasteiger charge is 2.24. The minimum Gasteiger partial charge on any atom is -0.376 e. The number of rotatable bonds is 7. The van der Waals surface area contributed by atoms with Crippen LogP contribution in [0.4, 0.5) is 0 Å². The molecule has 0 spiro atoms. The van der Waals surface area contributed by atoms with Crippen LogP contribution in [0.15, 0.2) is 35.3 Å². The zero-order valence-electron chi connectivity index (χ0n) is 18.8. The van der Waals surface area contributed by atoms with Crippen molar-refractivity contribution in [2.75, 3.05) is 46.9 Å². The monoisotopic (exact) mass is 544 g/mol. The molecule has 0 radical (unpaired) electrons. The predicted molar refractivity (Wildman–Crippen MR) is 134 cm³/mol. The number of benzene rings is 1. The molecule has 7 nitrogen and oxygen atoms in total. The van der Waals surface area contributed by atoms with Gasteiger partial charge in [-0.25, -0.2) is 4.99 Å². The first kappa shape index (κ1) is 25.9. The number of hydrogen-bond donors (Lipinski definition) is 1. The fourth-order valence-corrected chi connectivity index (χ4v) is 3.75. The molecule has 3 rings (SSSR count). The van der Waals surface area contributed by atoms with Crippen molar-refractivity contribution in [3.8, 4) is 0 Å². The maximum atomic E-state index is 12.0. The smallest absolute Gasteiger partial charge is 0.241 e. The highest BCUT2D eigenvalue weighted by atomic mass is 127. The van der Waals surface area contributed by atoms with Crippen molar-refractivity contribution in [1.82, 2.24) is 15.1 Å². The summed E-state index contributed by atoms with van der Waals surface area (Å²) < 4.78 is 11.9. The minimum atomic E-state index is 0. The molecule has 2 aliphatic rings. The van der Waals surface area contributed by atoms with Crippen LogP contribution in [0.3, 0.4) is 0 Å². The Morgan fingerprint density at radius 2 is 1.94 bits per heavy atom. The van der Waals surface area contributed by atoms with Crippen LogP contribution in [0.1, 0.15) is 37.7 Å². The number of carbonyl (C=O) groups excluding carboxylic acids is 1. The summed E-state index contributed by atoms with van der Waals surface area (Å²) in [5.41, 5.74) is 1.15. The van der Waals surface area contributed by atoms with Crippen molar-refractivity contribution < 1.29 is 14.3 Å². The molecular weight excluding hydrogens is 507 g/mol. The average Bonchev–Trinajstić information content (AvgIpc) is 2.79. The molecule has 1 aromatic carbocycles. The van der Waals surface area contributed by atoms with Crippen LogP contribution in [0.25, 0.3) is 0 Å². The Hall–Kier alpha value is -1.39. The van der Waals surface area contributed by atoms with E-state index in [9.17, 15) is 4.79 Å². The van der Waals surface area contributed by atoms with E-state index in [1.807, 2.05) is 18.2 Å². The Morgan fingerprint density at radius 3 is 2.58 bits per heavy atom. The third-order valence-corrected chi connectivity index (χ3v) is 5.68. The van der Waals surface area contributed by atoms with Gasteiger partial charge in [-0.3, -0.25) is 4.79 Å². The van der Waals surface area contributed by atoms with Gasteiger partial charge in [0.05, 0.1) is 31.9 Å². The molecule has 1 atom stereocenters. The molecule has 174 valence electrons. The van der Waals surface area contributed by atoms with Gasteiger partial charge in [0.2, 0.25) is 5.91 Å². The Kier molecular flexibility index (Phi) is 11.6. The van der Waals surface area contributed by atoms with Gasteiger partial charge in [0.15, 0.2) is 5.96 Å². The lowest BCUT2D eigenvalue weighted by molar-refractivity contribution is -0.127. The number of piperidine rings is 1. The average molecular weight is 544 g/mol. The summed E-state index contributed by atoms with van der Waals surface area (Å²) >= 11 is 0. The molecule has 31 heavy (non-hydrogen) atoms. The number of guanidine groups is 1. The van der Waals surface area contributed by atoms with Crippen molar-refractivity contribution in [3.63, 3.8) is 0 Å². The summed E-state index contributed by atoms with van der Waals surface area (Å²) in [7, 11) is 3.54. The number of likely N-dealkylation sites (tertiary alicyclic amines) is 1. The Balaban J connectivity index is 0.00000341. The largest absolute Gasteiger partial charge is 0.376 e. The van der Waals surface area contributed by atoms with Gasteiger partial charge in [-0.05, 0) is 37.7 Å².